The van der Waals surface area contributed by atoms with Gasteiger partial charge < -0.3 is 14.5 Å². The number of H-pyrrole nitrogens is 1. The minimum atomic E-state index is -0.344. The van der Waals surface area contributed by atoms with Crippen molar-refractivity contribution >= 4 is 16.6 Å². The molecule has 1 aliphatic rings. The molecule has 1 aliphatic heterocycles. The molecule has 3 aromatic carbocycles. The van der Waals surface area contributed by atoms with Gasteiger partial charge in [-0.3, -0.25) is 9.98 Å². The van der Waals surface area contributed by atoms with Crippen molar-refractivity contribution in [2.45, 2.75) is 13.0 Å². The highest BCUT2D eigenvalue weighted by Crippen LogP contribution is 2.33. The summed E-state index contributed by atoms with van der Waals surface area (Å²) >= 11 is 0. The van der Waals surface area contributed by atoms with Crippen molar-refractivity contribution in [3.05, 3.63) is 132 Å². The van der Waals surface area contributed by atoms with E-state index in [1.165, 1.54) is 19.2 Å². The highest BCUT2D eigenvalue weighted by atomic mass is 19.1. The highest BCUT2D eigenvalue weighted by Gasteiger charge is 2.21. The highest BCUT2D eigenvalue weighted by molar-refractivity contribution is 6.15. The standard InChI is InChI=1S/C35H27FN4O2/c1-41-27-15-24(14-26(36)17-27)29-8-5-9-32-30(29)18-33(39-32)35-34-23(12-13-38-35)10-11-31(40-34)25-16-28(20-37-19-25)42-21-22-6-3-2-4-7-22/h2-11,14-20,39H,12-13,21H2,1H3. The molecule has 42 heavy (non-hydrogen) atoms. The normalized spacial score (nSPS) is 12.6. The van der Waals surface area contributed by atoms with E-state index in [-0.39, 0.29) is 5.82 Å². The number of hydrogen-bond donors (Lipinski definition) is 1. The zero-order valence-corrected chi connectivity index (χ0v) is 23.0. The van der Waals surface area contributed by atoms with Gasteiger partial charge in [0.15, 0.2) is 0 Å². The van der Waals surface area contributed by atoms with Crippen LogP contribution < -0.4 is 9.47 Å². The van der Waals surface area contributed by atoms with Crippen LogP contribution in [0.5, 0.6) is 11.5 Å². The molecule has 7 heteroatoms. The predicted octanol–water partition coefficient (Wildman–Crippen LogP) is 7.41. The summed E-state index contributed by atoms with van der Waals surface area (Å²) in [6.07, 6.45) is 4.33. The number of fused-ring (bicyclic) bond motifs is 2. The number of methoxy groups -OCH3 is 1. The fraction of sp³-hybridized carbons (Fsp3) is 0.114. The van der Waals surface area contributed by atoms with Gasteiger partial charge in [-0.1, -0.05) is 48.5 Å². The van der Waals surface area contributed by atoms with Gasteiger partial charge in [-0.05, 0) is 65.1 Å². The van der Waals surface area contributed by atoms with Crippen LogP contribution in [0, 0.1) is 5.82 Å². The maximum atomic E-state index is 14.4. The summed E-state index contributed by atoms with van der Waals surface area (Å²) < 4.78 is 25.7. The van der Waals surface area contributed by atoms with E-state index in [2.05, 4.69) is 22.1 Å². The van der Waals surface area contributed by atoms with E-state index in [1.807, 2.05) is 66.7 Å². The summed E-state index contributed by atoms with van der Waals surface area (Å²) in [5.41, 5.74) is 9.00. The van der Waals surface area contributed by atoms with Crippen molar-refractivity contribution in [3.8, 4) is 33.9 Å². The predicted molar refractivity (Wildman–Crippen MR) is 163 cm³/mol. The molecule has 3 aromatic heterocycles. The van der Waals surface area contributed by atoms with E-state index in [0.29, 0.717) is 24.7 Å². The quantitative estimate of drug-likeness (QED) is 0.223. The number of aromatic amines is 1. The molecule has 0 aliphatic carbocycles. The van der Waals surface area contributed by atoms with Crippen molar-refractivity contribution in [3.63, 3.8) is 0 Å². The Bertz CT molecular complexity index is 1950. The molecular formula is C35H27FN4O2. The van der Waals surface area contributed by atoms with Gasteiger partial charge in [-0.2, -0.15) is 0 Å². The zero-order valence-electron chi connectivity index (χ0n) is 23.0. The van der Waals surface area contributed by atoms with E-state index in [9.17, 15) is 4.39 Å². The van der Waals surface area contributed by atoms with Gasteiger partial charge in [-0.15, -0.1) is 0 Å². The lowest BCUT2D eigenvalue weighted by Crippen LogP contribution is -2.17. The second-order valence-electron chi connectivity index (χ2n) is 10.2. The first kappa shape index (κ1) is 25.7. The minimum absolute atomic E-state index is 0.344. The molecule has 0 atom stereocenters. The number of pyridine rings is 2. The van der Waals surface area contributed by atoms with Crippen LogP contribution in [0.25, 0.3) is 33.3 Å². The third-order valence-electron chi connectivity index (χ3n) is 7.45. The Morgan fingerprint density at radius 3 is 2.62 bits per heavy atom. The first-order chi connectivity index (χ1) is 20.6. The third-order valence-corrected chi connectivity index (χ3v) is 7.45. The third kappa shape index (κ3) is 5.01. The van der Waals surface area contributed by atoms with Crippen molar-refractivity contribution in [1.29, 1.82) is 0 Å². The summed E-state index contributed by atoms with van der Waals surface area (Å²) in [7, 11) is 1.54. The van der Waals surface area contributed by atoms with Crippen LogP contribution in [0.3, 0.4) is 0 Å². The molecule has 6 nitrogen and oxygen atoms in total. The van der Waals surface area contributed by atoms with Crippen molar-refractivity contribution in [2.24, 2.45) is 4.99 Å². The number of aromatic nitrogens is 3. The Kier molecular flexibility index (Phi) is 6.68. The van der Waals surface area contributed by atoms with Gasteiger partial charge in [0.2, 0.25) is 0 Å². The Balaban J connectivity index is 1.23. The molecule has 0 saturated carbocycles. The molecule has 7 rings (SSSR count). The summed E-state index contributed by atoms with van der Waals surface area (Å²) in [6.45, 7) is 1.14. The SMILES string of the molecule is COc1cc(F)cc(-c2cccc3[nH]c(C4=NCCc5ccc(-c6cncc(OCc7ccccc7)c6)nc54)cc23)c1. The Labute approximate surface area is 242 Å². The molecule has 0 fully saturated rings. The van der Waals surface area contributed by atoms with E-state index in [0.717, 1.165) is 67.9 Å². The first-order valence-electron chi connectivity index (χ1n) is 13.8. The number of hydrogen-bond acceptors (Lipinski definition) is 5. The molecule has 0 saturated heterocycles. The monoisotopic (exact) mass is 554 g/mol. The lowest BCUT2D eigenvalue weighted by atomic mass is 9.98. The minimum Gasteiger partial charge on any atom is -0.497 e. The van der Waals surface area contributed by atoms with E-state index < -0.39 is 0 Å². The molecule has 6 aromatic rings. The number of benzene rings is 3. The number of rotatable bonds is 7. The van der Waals surface area contributed by atoms with E-state index in [1.54, 1.807) is 12.4 Å². The largest absolute Gasteiger partial charge is 0.497 e. The molecule has 206 valence electrons. The van der Waals surface area contributed by atoms with Gasteiger partial charge in [0.25, 0.3) is 0 Å². The van der Waals surface area contributed by atoms with Crippen LogP contribution in [0.1, 0.15) is 22.5 Å². The topological polar surface area (TPSA) is 72.4 Å². The van der Waals surface area contributed by atoms with Crippen LogP contribution in [-0.4, -0.2) is 34.3 Å². The summed E-state index contributed by atoms with van der Waals surface area (Å²) in [5.74, 6) is 0.814. The van der Waals surface area contributed by atoms with Crippen LogP contribution in [0.2, 0.25) is 0 Å². The summed E-state index contributed by atoms with van der Waals surface area (Å²) in [4.78, 5) is 17.9. The Morgan fingerprint density at radius 1 is 0.857 bits per heavy atom. The maximum Gasteiger partial charge on any atom is 0.138 e. The zero-order chi connectivity index (χ0) is 28.5. The van der Waals surface area contributed by atoms with Gasteiger partial charge >= 0.3 is 0 Å². The van der Waals surface area contributed by atoms with Gasteiger partial charge in [0.05, 0.1) is 30.4 Å². The number of nitrogens with one attached hydrogen (secondary N) is 1. The van der Waals surface area contributed by atoms with Gasteiger partial charge in [0, 0.05) is 35.3 Å². The van der Waals surface area contributed by atoms with Crippen LogP contribution in [-0.2, 0) is 13.0 Å². The van der Waals surface area contributed by atoms with Gasteiger partial charge in [-0.25, -0.2) is 9.37 Å². The van der Waals surface area contributed by atoms with Crippen LogP contribution in [0.15, 0.2) is 108 Å². The molecule has 0 bridgehead atoms. The second kappa shape index (κ2) is 10.9. The smallest absolute Gasteiger partial charge is 0.138 e. The first-order valence-corrected chi connectivity index (χ1v) is 13.8. The van der Waals surface area contributed by atoms with Crippen LogP contribution in [0.4, 0.5) is 4.39 Å². The summed E-state index contributed by atoms with van der Waals surface area (Å²) in [5, 5.41) is 0.971. The molecule has 0 spiro atoms. The number of halogens is 1. The molecule has 0 unspecified atom stereocenters. The molecular weight excluding hydrogens is 527 g/mol. The van der Waals surface area contributed by atoms with Crippen LogP contribution >= 0.6 is 0 Å². The van der Waals surface area contributed by atoms with Crippen molar-refractivity contribution in [2.75, 3.05) is 13.7 Å². The molecule has 0 radical (unpaired) electrons. The summed E-state index contributed by atoms with van der Waals surface area (Å²) in [6, 6.07) is 28.9. The maximum absolute atomic E-state index is 14.4. The average molecular weight is 555 g/mol. The fourth-order valence-corrected chi connectivity index (χ4v) is 5.38. The van der Waals surface area contributed by atoms with E-state index >= 15 is 0 Å². The van der Waals surface area contributed by atoms with Crippen molar-refractivity contribution < 1.29 is 13.9 Å². The number of ether oxygens (including phenoxy) is 2. The molecule has 4 heterocycles. The Hall–Kier alpha value is -5.30. The Morgan fingerprint density at radius 2 is 1.74 bits per heavy atom. The molecule has 1 N–H and O–H groups in total. The van der Waals surface area contributed by atoms with E-state index in [4.69, 9.17) is 19.5 Å². The number of aliphatic imine (C=N–C) groups is 1. The second-order valence-corrected chi connectivity index (χ2v) is 10.2. The lowest BCUT2D eigenvalue weighted by Gasteiger charge is -2.16. The number of nitrogens with zero attached hydrogens (tertiary/aromatic N) is 3. The molecule has 0 amide bonds. The average Bonchev–Trinajstić information content (AvgIpc) is 3.48. The lowest BCUT2D eigenvalue weighted by molar-refractivity contribution is 0.305. The van der Waals surface area contributed by atoms with Crippen molar-refractivity contribution in [1.82, 2.24) is 15.0 Å². The fourth-order valence-electron chi connectivity index (χ4n) is 5.38. The van der Waals surface area contributed by atoms with Gasteiger partial charge in [0.1, 0.15) is 29.6 Å².